The van der Waals surface area contributed by atoms with Crippen LogP contribution in [0.2, 0.25) is 0 Å². The summed E-state index contributed by atoms with van der Waals surface area (Å²) in [5.74, 6) is -0.661. The van der Waals surface area contributed by atoms with E-state index in [9.17, 15) is 4.79 Å². The van der Waals surface area contributed by atoms with E-state index in [2.05, 4.69) is 11.4 Å². The number of fused-ring (bicyclic) bond motifs is 1. The Hall–Kier alpha value is -0.830. The van der Waals surface area contributed by atoms with Gasteiger partial charge in [0.1, 0.15) is 0 Å². The van der Waals surface area contributed by atoms with E-state index < -0.39 is 11.4 Å². The lowest BCUT2D eigenvalue weighted by Gasteiger charge is -2.28. The molecule has 0 saturated carbocycles. The largest absolute Gasteiger partial charge is 0.481 e. The number of carbonyl (C=O) groups is 1. The zero-order valence-corrected chi connectivity index (χ0v) is 8.36. The summed E-state index contributed by atoms with van der Waals surface area (Å²) in [4.78, 5) is 12.3. The predicted molar refractivity (Wildman–Crippen MR) is 52.1 cm³/mol. The van der Waals surface area contributed by atoms with Crippen LogP contribution in [0, 0.1) is 5.41 Å². The number of hydrogen-bond donors (Lipinski definition) is 1. The number of hydrogen-bond acceptors (Lipinski definition) is 2. The minimum absolute atomic E-state index is 0.530. The van der Waals surface area contributed by atoms with Gasteiger partial charge in [-0.05, 0) is 43.2 Å². The van der Waals surface area contributed by atoms with E-state index in [0.717, 1.165) is 12.8 Å². The van der Waals surface area contributed by atoms with Gasteiger partial charge in [-0.3, -0.25) is 4.79 Å². The fourth-order valence-electron chi connectivity index (χ4n) is 1.78. The number of aliphatic carboxylic acids is 1. The van der Waals surface area contributed by atoms with Gasteiger partial charge >= 0.3 is 5.97 Å². The van der Waals surface area contributed by atoms with Crippen molar-refractivity contribution in [3.05, 3.63) is 21.9 Å². The number of carboxylic acids is 1. The first kappa shape index (κ1) is 8.75. The van der Waals surface area contributed by atoms with Crippen molar-refractivity contribution in [2.75, 3.05) is 0 Å². The average Bonchev–Trinajstić information content (AvgIpc) is 2.50. The number of thiophene rings is 1. The molecule has 0 radical (unpaired) electrons. The topological polar surface area (TPSA) is 37.3 Å². The van der Waals surface area contributed by atoms with Gasteiger partial charge < -0.3 is 5.11 Å². The van der Waals surface area contributed by atoms with E-state index in [-0.39, 0.29) is 0 Å². The predicted octanol–water partition coefficient (Wildman–Crippen LogP) is 2.33. The van der Waals surface area contributed by atoms with Crippen molar-refractivity contribution in [3.63, 3.8) is 0 Å². The number of carboxylic acid groups (broad SMARTS) is 1. The van der Waals surface area contributed by atoms with E-state index in [1.54, 1.807) is 11.3 Å². The molecule has 2 nitrogen and oxygen atoms in total. The number of aryl methyl sites for hydroxylation is 1. The Morgan fingerprint density at radius 2 is 2.46 bits per heavy atom. The molecule has 0 aromatic carbocycles. The van der Waals surface area contributed by atoms with Gasteiger partial charge in [-0.2, -0.15) is 0 Å². The first-order chi connectivity index (χ1) is 6.12. The van der Waals surface area contributed by atoms with E-state index >= 15 is 0 Å². The van der Waals surface area contributed by atoms with E-state index in [0.29, 0.717) is 6.42 Å². The van der Waals surface area contributed by atoms with Crippen molar-refractivity contribution in [1.29, 1.82) is 0 Å². The third kappa shape index (κ3) is 1.37. The highest BCUT2D eigenvalue weighted by molar-refractivity contribution is 7.10. The molecular formula is C10H12O2S. The zero-order chi connectivity index (χ0) is 9.47. The van der Waals surface area contributed by atoms with Crippen LogP contribution < -0.4 is 0 Å². The fourth-order valence-corrected chi connectivity index (χ4v) is 2.90. The highest BCUT2D eigenvalue weighted by Crippen LogP contribution is 2.37. The summed E-state index contributed by atoms with van der Waals surface area (Å²) in [7, 11) is 0. The van der Waals surface area contributed by atoms with Gasteiger partial charge in [0.25, 0.3) is 0 Å². The Kier molecular flexibility index (Phi) is 1.91. The molecule has 0 saturated heterocycles. The van der Waals surface area contributed by atoms with Crippen LogP contribution in [0.15, 0.2) is 11.4 Å². The zero-order valence-electron chi connectivity index (χ0n) is 7.54. The van der Waals surface area contributed by atoms with Crippen LogP contribution in [0.1, 0.15) is 23.8 Å². The third-order valence-electron chi connectivity index (χ3n) is 2.85. The summed E-state index contributed by atoms with van der Waals surface area (Å²) in [5, 5.41) is 11.1. The molecule has 0 fully saturated rings. The van der Waals surface area contributed by atoms with Crippen LogP contribution in [0.3, 0.4) is 0 Å². The minimum atomic E-state index is -0.661. The third-order valence-corrected chi connectivity index (χ3v) is 3.81. The van der Waals surface area contributed by atoms with Crippen molar-refractivity contribution in [1.82, 2.24) is 0 Å². The van der Waals surface area contributed by atoms with Crippen molar-refractivity contribution in [2.24, 2.45) is 5.41 Å². The van der Waals surface area contributed by atoms with Gasteiger partial charge in [0, 0.05) is 4.88 Å². The van der Waals surface area contributed by atoms with Crippen molar-refractivity contribution < 1.29 is 9.90 Å². The lowest BCUT2D eigenvalue weighted by atomic mass is 9.76. The molecule has 70 valence electrons. The molecule has 0 aliphatic heterocycles. The summed E-state index contributed by atoms with van der Waals surface area (Å²) in [6.45, 7) is 1.85. The first-order valence-electron chi connectivity index (χ1n) is 4.40. The lowest BCUT2D eigenvalue weighted by molar-refractivity contribution is -0.148. The van der Waals surface area contributed by atoms with Crippen LogP contribution in [-0.2, 0) is 17.6 Å². The molecule has 1 heterocycles. The molecule has 1 atom stereocenters. The molecule has 2 rings (SSSR count). The Morgan fingerprint density at radius 3 is 3.15 bits per heavy atom. The molecule has 1 aliphatic carbocycles. The molecule has 1 unspecified atom stereocenters. The highest BCUT2D eigenvalue weighted by Gasteiger charge is 2.37. The fraction of sp³-hybridized carbons (Fsp3) is 0.500. The Balaban J connectivity index is 2.30. The minimum Gasteiger partial charge on any atom is -0.481 e. The van der Waals surface area contributed by atoms with Gasteiger partial charge in [-0.1, -0.05) is 0 Å². The van der Waals surface area contributed by atoms with E-state index in [1.807, 2.05) is 6.92 Å². The molecule has 0 bridgehead atoms. The summed E-state index contributed by atoms with van der Waals surface area (Å²) < 4.78 is 0. The maximum atomic E-state index is 11.0. The molecule has 0 amide bonds. The van der Waals surface area contributed by atoms with Crippen molar-refractivity contribution in [3.8, 4) is 0 Å². The van der Waals surface area contributed by atoms with Gasteiger partial charge in [-0.25, -0.2) is 0 Å². The van der Waals surface area contributed by atoms with Gasteiger partial charge in [-0.15, -0.1) is 11.3 Å². The highest BCUT2D eigenvalue weighted by atomic mass is 32.1. The van der Waals surface area contributed by atoms with Crippen LogP contribution in [0.25, 0.3) is 0 Å². The molecule has 1 aliphatic rings. The van der Waals surface area contributed by atoms with Crippen LogP contribution >= 0.6 is 11.3 Å². The molecular weight excluding hydrogens is 184 g/mol. The quantitative estimate of drug-likeness (QED) is 0.748. The summed E-state index contributed by atoms with van der Waals surface area (Å²) in [6, 6.07) is 2.11. The second-order valence-electron chi connectivity index (χ2n) is 3.91. The molecule has 3 heteroatoms. The Labute approximate surface area is 81.2 Å². The molecule has 13 heavy (non-hydrogen) atoms. The monoisotopic (exact) mass is 196 g/mol. The second-order valence-corrected chi connectivity index (χ2v) is 4.91. The van der Waals surface area contributed by atoms with Crippen molar-refractivity contribution in [2.45, 2.75) is 26.2 Å². The van der Waals surface area contributed by atoms with Gasteiger partial charge in [0.2, 0.25) is 0 Å². The van der Waals surface area contributed by atoms with E-state index in [4.69, 9.17) is 5.11 Å². The summed E-state index contributed by atoms with van der Waals surface area (Å²) >= 11 is 1.68. The molecule has 1 aromatic heterocycles. The summed E-state index contributed by atoms with van der Waals surface area (Å²) in [5.41, 5.74) is 0.821. The molecule has 1 N–H and O–H groups in total. The smallest absolute Gasteiger partial charge is 0.309 e. The maximum Gasteiger partial charge on any atom is 0.309 e. The van der Waals surface area contributed by atoms with Crippen LogP contribution in [-0.4, -0.2) is 11.1 Å². The molecule has 0 spiro atoms. The SMILES string of the molecule is CC1(C(=O)O)CCc2ccsc2C1. The second kappa shape index (κ2) is 2.84. The Morgan fingerprint density at radius 1 is 1.69 bits per heavy atom. The normalized spacial score (nSPS) is 26.8. The first-order valence-corrected chi connectivity index (χ1v) is 5.28. The van der Waals surface area contributed by atoms with Crippen LogP contribution in [0.4, 0.5) is 0 Å². The summed E-state index contributed by atoms with van der Waals surface area (Å²) in [6.07, 6.45) is 2.39. The maximum absolute atomic E-state index is 11.0. The standard InChI is InChI=1S/C10H12O2S/c1-10(9(11)12)4-2-7-3-5-13-8(7)6-10/h3,5H,2,4,6H2,1H3,(H,11,12). The average molecular weight is 196 g/mol. The lowest BCUT2D eigenvalue weighted by Crippen LogP contribution is -2.33. The Bertz CT molecular complexity index is 342. The number of rotatable bonds is 1. The molecule has 1 aromatic rings. The van der Waals surface area contributed by atoms with Gasteiger partial charge in [0.15, 0.2) is 0 Å². The van der Waals surface area contributed by atoms with Crippen LogP contribution in [0.5, 0.6) is 0 Å². The van der Waals surface area contributed by atoms with Gasteiger partial charge in [0.05, 0.1) is 5.41 Å². The van der Waals surface area contributed by atoms with Crippen molar-refractivity contribution >= 4 is 17.3 Å². The van der Waals surface area contributed by atoms with E-state index in [1.165, 1.54) is 10.4 Å².